The number of likely N-dealkylation sites (tertiary alicyclic amines) is 1. The fourth-order valence-corrected chi connectivity index (χ4v) is 5.07. The van der Waals surface area contributed by atoms with Crippen molar-refractivity contribution >= 4 is 34.6 Å². The SMILES string of the molecule is NC(=O)C(=O)c1ccc(-c2ccc(Cl)s2)cc1.c1cc(OC2CC2)ccc1CCCN1CCCC1. The van der Waals surface area contributed by atoms with Crippen LogP contribution in [0.4, 0.5) is 0 Å². The molecule has 1 aromatic heterocycles. The van der Waals surface area contributed by atoms with Gasteiger partial charge in [0, 0.05) is 10.4 Å². The zero-order chi connectivity index (χ0) is 24.6. The van der Waals surface area contributed by atoms with E-state index in [1.54, 1.807) is 24.3 Å². The molecule has 3 aromatic rings. The minimum absolute atomic E-state index is 0.295. The maximum absolute atomic E-state index is 11.3. The van der Waals surface area contributed by atoms with Gasteiger partial charge in [-0.05, 0) is 93.6 Å². The van der Waals surface area contributed by atoms with Gasteiger partial charge >= 0.3 is 0 Å². The van der Waals surface area contributed by atoms with Crippen molar-refractivity contribution in [3.8, 4) is 16.2 Å². The van der Waals surface area contributed by atoms with Gasteiger partial charge in [0.2, 0.25) is 5.78 Å². The highest BCUT2D eigenvalue weighted by atomic mass is 35.5. The highest BCUT2D eigenvalue weighted by molar-refractivity contribution is 7.19. The standard InChI is InChI=1S/C16H23NO.C12H8ClNO2S/c1-2-12-17(11-1)13-3-4-14-5-7-15(8-6-14)18-16-9-10-16;13-10-6-5-9(17-10)7-1-3-8(4-2-7)11(15)12(14)16/h5-8,16H,1-4,9-13H2;1-6H,(H2,14,16). The average molecular weight is 511 g/mol. The van der Waals surface area contributed by atoms with E-state index in [0.29, 0.717) is 16.0 Å². The number of carbonyl (C=O) groups excluding carboxylic acids is 2. The Labute approximate surface area is 215 Å². The second-order valence-corrected chi connectivity index (χ2v) is 10.7. The number of aryl methyl sites for hydroxylation is 1. The zero-order valence-corrected chi connectivity index (χ0v) is 21.3. The van der Waals surface area contributed by atoms with Crippen LogP contribution in [0.25, 0.3) is 10.4 Å². The highest BCUT2D eigenvalue weighted by Crippen LogP contribution is 2.31. The molecule has 0 spiro atoms. The Balaban J connectivity index is 0.000000165. The summed E-state index contributed by atoms with van der Waals surface area (Å²) in [7, 11) is 0. The minimum Gasteiger partial charge on any atom is -0.490 e. The van der Waals surface area contributed by atoms with Crippen LogP contribution in [-0.4, -0.2) is 42.3 Å². The summed E-state index contributed by atoms with van der Waals surface area (Å²) >= 11 is 7.29. The number of thiophene rings is 1. The molecule has 2 fully saturated rings. The number of halogens is 1. The van der Waals surface area contributed by atoms with Crippen molar-refractivity contribution in [1.82, 2.24) is 4.90 Å². The first-order chi connectivity index (χ1) is 17.0. The third-order valence-corrected chi connectivity index (χ3v) is 7.40. The molecule has 0 unspecified atom stereocenters. The van der Waals surface area contributed by atoms with Crippen LogP contribution in [0.15, 0.2) is 60.7 Å². The predicted molar refractivity (Wildman–Crippen MR) is 142 cm³/mol. The van der Waals surface area contributed by atoms with Crippen LogP contribution in [-0.2, 0) is 11.2 Å². The molecule has 1 saturated carbocycles. The van der Waals surface area contributed by atoms with Crippen LogP contribution in [0.3, 0.4) is 0 Å². The van der Waals surface area contributed by atoms with E-state index in [2.05, 4.69) is 29.2 Å². The molecule has 0 bridgehead atoms. The molecule has 5 rings (SSSR count). The summed E-state index contributed by atoms with van der Waals surface area (Å²) in [5.74, 6) is -0.585. The molecule has 184 valence electrons. The molecule has 5 nitrogen and oxygen atoms in total. The second kappa shape index (κ2) is 12.3. The van der Waals surface area contributed by atoms with Gasteiger partial charge in [0.1, 0.15) is 5.75 Å². The van der Waals surface area contributed by atoms with E-state index in [1.807, 2.05) is 12.1 Å². The number of hydrogen-bond acceptors (Lipinski definition) is 5. The van der Waals surface area contributed by atoms with Crippen LogP contribution in [0.1, 0.15) is 48.0 Å². The van der Waals surface area contributed by atoms with E-state index >= 15 is 0 Å². The third-order valence-electron chi connectivity index (χ3n) is 6.12. The summed E-state index contributed by atoms with van der Waals surface area (Å²) in [4.78, 5) is 25.6. The number of benzene rings is 2. The van der Waals surface area contributed by atoms with Gasteiger partial charge in [-0.1, -0.05) is 48.0 Å². The van der Waals surface area contributed by atoms with E-state index in [-0.39, 0.29) is 0 Å². The molecule has 0 radical (unpaired) electrons. The lowest BCUT2D eigenvalue weighted by atomic mass is 10.1. The first kappa shape index (κ1) is 25.4. The number of ketones is 1. The van der Waals surface area contributed by atoms with Crippen LogP contribution in [0, 0.1) is 0 Å². The molecule has 1 amide bonds. The molecule has 2 N–H and O–H groups in total. The molecule has 2 heterocycles. The fourth-order valence-electron chi connectivity index (χ4n) is 4.02. The van der Waals surface area contributed by atoms with E-state index in [9.17, 15) is 9.59 Å². The smallest absolute Gasteiger partial charge is 0.289 e. The van der Waals surface area contributed by atoms with Crippen molar-refractivity contribution in [2.75, 3.05) is 19.6 Å². The van der Waals surface area contributed by atoms with E-state index in [1.165, 1.54) is 75.1 Å². The average Bonchev–Trinajstić information content (AvgIpc) is 3.33. The molecule has 2 aromatic carbocycles. The molecule has 1 aliphatic heterocycles. The molecule has 0 atom stereocenters. The van der Waals surface area contributed by atoms with Crippen molar-refractivity contribution in [2.24, 2.45) is 5.73 Å². The molecular formula is C28H31ClN2O3S. The predicted octanol–water partition coefficient (Wildman–Crippen LogP) is 5.99. The monoisotopic (exact) mass is 510 g/mol. The Bertz CT molecular complexity index is 1120. The number of primary amides is 1. The number of nitrogens with zero attached hydrogens (tertiary/aromatic N) is 1. The molecular weight excluding hydrogens is 480 g/mol. The number of ether oxygens (including phenoxy) is 1. The number of rotatable bonds is 9. The van der Waals surface area contributed by atoms with Crippen LogP contribution in [0.2, 0.25) is 4.34 Å². The Morgan fingerprint density at radius 1 is 0.971 bits per heavy atom. The van der Waals surface area contributed by atoms with Crippen molar-refractivity contribution in [2.45, 2.75) is 44.6 Å². The van der Waals surface area contributed by atoms with E-state index in [4.69, 9.17) is 22.1 Å². The van der Waals surface area contributed by atoms with Gasteiger partial charge in [0.15, 0.2) is 0 Å². The van der Waals surface area contributed by atoms with Crippen LogP contribution in [0.5, 0.6) is 5.75 Å². The molecule has 2 aliphatic rings. The van der Waals surface area contributed by atoms with Gasteiger partial charge in [-0.15, -0.1) is 11.3 Å². The van der Waals surface area contributed by atoms with E-state index < -0.39 is 11.7 Å². The zero-order valence-electron chi connectivity index (χ0n) is 19.8. The largest absolute Gasteiger partial charge is 0.490 e. The van der Waals surface area contributed by atoms with Gasteiger partial charge in [0.05, 0.1) is 10.4 Å². The first-order valence-electron chi connectivity index (χ1n) is 12.2. The lowest BCUT2D eigenvalue weighted by molar-refractivity contribution is -0.114. The summed E-state index contributed by atoms with van der Waals surface area (Å²) in [6.45, 7) is 3.89. The Morgan fingerprint density at radius 2 is 1.66 bits per heavy atom. The van der Waals surface area contributed by atoms with Gasteiger partial charge < -0.3 is 15.4 Å². The number of amides is 1. The van der Waals surface area contributed by atoms with Gasteiger partial charge in [0.25, 0.3) is 5.91 Å². The molecule has 1 aliphatic carbocycles. The van der Waals surface area contributed by atoms with Crippen LogP contribution < -0.4 is 10.5 Å². The van der Waals surface area contributed by atoms with Gasteiger partial charge in [-0.3, -0.25) is 9.59 Å². The summed E-state index contributed by atoms with van der Waals surface area (Å²) < 4.78 is 6.46. The topological polar surface area (TPSA) is 72.6 Å². The molecule has 35 heavy (non-hydrogen) atoms. The lowest BCUT2D eigenvalue weighted by Gasteiger charge is -2.14. The quantitative estimate of drug-likeness (QED) is 0.283. The first-order valence-corrected chi connectivity index (χ1v) is 13.4. The Morgan fingerprint density at radius 3 is 2.23 bits per heavy atom. The highest BCUT2D eigenvalue weighted by Gasteiger charge is 2.23. The van der Waals surface area contributed by atoms with Crippen LogP contribution >= 0.6 is 22.9 Å². The normalized spacial score (nSPS) is 15.3. The minimum atomic E-state index is -0.947. The van der Waals surface area contributed by atoms with Crippen molar-refractivity contribution in [3.05, 3.63) is 76.1 Å². The number of hydrogen-bond donors (Lipinski definition) is 1. The van der Waals surface area contributed by atoms with Crippen molar-refractivity contribution in [1.29, 1.82) is 0 Å². The van der Waals surface area contributed by atoms with Crippen molar-refractivity contribution in [3.63, 3.8) is 0 Å². The van der Waals surface area contributed by atoms with Gasteiger partial charge in [-0.2, -0.15) is 0 Å². The summed E-state index contributed by atoms with van der Waals surface area (Å²) in [5.41, 5.74) is 7.60. The maximum atomic E-state index is 11.3. The number of Topliss-reactive ketones (excluding diaryl/α,β-unsaturated/α-hetero) is 1. The Kier molecular flexibility index (Phi) is 8.96. The summed E-state index contributed by atoms with van der Waals surface area (Å²) in [5, 5.41) is 0. The molecule has 7 heteroatoms. The maximum Gasteiger partial charge on any atom is 0.289 e. The summed E-state index contributed by atoms with van der Waals surface area (Å²) in [6.07, 6.45) is 8.24. The number of carbonyl (C=O) groups is 2. The molecule has 1 saturated heterocycles. The fraction of sp³-hybridized carbons (Fsp3) is 0.357. The third kappa shape index (κ3) is 7.92. The second-order valence-electron chi connectivity index (χ2n) is 8.99. The van der Waals surface area contributed by atoms with Gasteiger partial charge in [-0.25, -0.2) is 0 Å². The van der Waals surface area contributed by atoms with Crippen molar-refractivity contribution < 1.29 is 14.3 Å². The lowest BCUT2D eigenvalue weighted by Crippen LogP contribution is -2.22. The Hall–Kier alpha value is -2.67. The van der Waals surface area contributed by atoms with E-state index in [0.717, 1.165) is 16.2 Å². The summed E-state index contributed by atoms with van der Waals surface area (Å²) in [6, 6.07) is 19.1. The number of nitrogens with two attached hydrogens (primary N) is 1.